The summed E-state index contributed by atoms with van der Waals surface area (Å²) in [6, 6.07) is 8.09. The van der Waals surface area contributed by atoms with Gasteiger partial charge in [0.15, 0.2) is 15.8 Å². The van der Waals surface area contributed by atoms with E-state index in [4.69, 9.17) is 11.6 Å². The lowest BCUT2D eigenvalue weighted by molar-refractivity contribution is 0.430. The minimum Gasteiger partial charge on any atom is -0.356 e. The Balaban J connectivity index is 1.65. The van der Waals surface area contributed by atoms with Crippen LogP contribution in [0.1, 0.15) is 37.7 Å². The molecule has 0 bridgehead atoms. The standard InChI is InChI=1S/C18H26ClN3O2S/c1-20-17(22-16-8-11-25(23,24)12-16)21-13-18(9-2-3-10-18)14-4-6-15(19)7-5-14/h4-7,16H,2-3,8-13H2,1H3,(H2,20,21,22). The molecule has 0 amide bonds. The summed E-state index contributed by atoms with van der Waals surface area (Å²) in [6.07, 6.45) is 5.35. The predicted octanol–water partition coefficient (Wildman–Crippen LogP) is 2.50. The Kier molecular flexibility index (Phi) is 5.58. The average molecular weight is 384 g/mol. The first-order valence-electron chi connectivity index (χ1n) is 8.86. The van der Waals surface area contributed by atoms with E-state index < -0.39 is 9.84 Å². The van der Waals surface area contributed by atoms with Crippen LogP contribution in [0.15, 0.2) is 29.3 Å². The summed E-state index contributed by atoms with van der Waals surface area (Å²) in [4.78, 5) is 4.28. The van der Waals surface area contributed by atoms with Crippen molar-refractivity contribution in [3.8, 4) is 0 Å². The van der Waals surface area contributed by atoms with Crippen molar-refractivity contribution < 1.29 is 8.42 Å². The lowest BCUT2D eigenvalue weighted by Crippen LogP contribution is -2.48. The van der Waals surface area contributed by atoms with Crippen molar-refractivity contribution in [1.29, 1.82) is 0 Å². The van der Waals surface area contributed by atoms with Crippen molar-refractivity contribution in [3.63, 3.8) is 0 Å². The molecule has 1 saturated heterocycles. The molecule has 7 heteroatoms. The number of hydrogen-bond donors (Lipinski definition) is 2. The predicted molar refractivity (Wildman–Crippen MR) is 103 cm³/mol. The Morgan fingerprint density at radius 3 is 2.52 bits per heavy atom. The highest BCUT2D eigenvalue weighted by molar-refractivity contribution is 7.91. The molecule has 1 aliphatic heterocycles. The highest BCUT2D eigenvalue weighted by atomic mass is 35.5. The van der Waals surface area contributed by atoms with Crippen LogP contribution in [0, 0.1) is 0 Å². The fourth-order valence-electron chi connectivity index (χ4n) is 3.97. The molecular weight excluding hydrogens is 358 g/mol. The highest BCUT2D eigenvalue weighted by Crippen LogP contribution is 2.40. The maximum absolute atomic E-state index is 11.6. The number of nitrogens with zero attached hydrogens (tertiary/aromatic N) is 1. The average Bonchev–Trinajstić information content (AvgIpc) is 3.19. The molecule has 138 valence electrons. The third-order valence-electron chi connectivity index (χ3n) is 5.41. The Labute approximate surface area is 155 Å². The second-order valence-corrected chi connectivity index (χ2v) is 9.83. The zero-order chi connectivity index (χ0) is 17.9. The van der Waals surface area contributed by atoms with Gasteiger partial charge in [0.2, 0.25) is 0 Å². The van der Waals surface area contributed by atoms with E-state index in [1.807, 2.05) is 12.1 Å². The zero-order valence-corrected chi connectivity index (χ0v) is 16.2. The first kappa shape index (κ1) is 18.5. The molecule has 3 rings (SSSR count). The van der Waals surface area contributed by atoms with E-state index in [0.29, 0.717) is 12.4 Å². The van der Waals surface area contributed by atoms with Gasteiger partial charge in [-0.15, -0.1) is 0 Å². The summed E-state index contributed by atoms with van der Waals surface area (Å²) >= 11 is 6.04. The van der Waals surface area contributed by atoms with Gasteiger partial charge in [0.05, 0.1) is 11.5 Å². The van der Waals surface area contributed by atoms with Crippen LogP contribution in [-0.2, 0) is 15.3 Å². The molecule has 5 nitrogen and oxygen atoms in total. The second kappa shape index (κ2) is 7.54. The van der Waals surface area contributed by atoms with Gasteiger partial charge in [-0.25, -0.2) is 8.42 Å². The van der Waals surface area contributed by atoms with Crippen molar-refractivity contribution in [3.05, 3.63) is 34.9 Å². The minimum atomic E-state index is -2.90. The number of hydrogen-bond acceptors (Lipinski definition) is 3. The maximum atomic E-state index is 11.6. The largest absolute Gasteiger partial charge is 0.356 e. The molecule has 2 fully saturated rings. The van der Waals surface area contributed by atoms with Gasteiger partial charge in [-0.3, -0.25) is 4.99 Å². The summed E-state index contributed by atoms with van der Waals surface area (Å²) in [5.41, 5.74) is 1.39. The molecule has 0 radical (unpaired) electrons. The first-order chi connectivity index (χ1) is 11.9. The van der Waals surface area contributed by atoms with Crippen LogP contribution in [0.2, 0.25) is 5.02 Å². The van der Waals surface area contributed by atoms with Crippen molar-refractivity contribution in [2.24, 2.45) is 4.99 Å². The highest BCUT2D eigenvalue weighted by Gasteiger charge is 2.36. The van der Waals surface area contributed by atoms with Crippen molar-refractivity contribution >= 4 is 27.4 Å². The topological polar surface area (TPSA) is 70.6 Å². The van der Waals surface area contributed by atoms with Crippen LogP contribution in [0.3, 0.4) is 0 Å². The number of guanidine groups is 1. The summed E-state index contributed by atoms with van der Waals surface area (Å²) in [6.45, 7) is 0.785. The summed E-state index contributed by atoms with van der Waals surface area (Å²) in [5, 5.41) is 7.45. The number of benzene rings is 1. The summed E-state index contributed by atoms with van der Waals surface area (Å²) in [5.74, 6) is 1.13. The SMILES string of the molecule is CN=C(NCC1(c2ccc(Cl)cc2)CCCC1)NC1CCS(=O)(=O)C1. The Bertz CT molecular complexity index is 725. The van der Waals surface area contributed by atoms with Gasteiger partial charge in [-0.2, -0.15) is 0 Å². The number of aliphatic imine (C=N–C) groups is 1. The van der Waals surface area contributed by atoms with Gasteiger partial charge < -0.3 is 10.6 Å². The van der Waals surface area contributed by atoms with Gasteiger partial charge in [0.25, 0.3) is 0 Å². The lowest BCUT2D eigenvalue weighted by atomic mass is 9.79. The number of nitrogens with one attached hydrogen (secondary N) is 2. The molecule has 25 heavy (non-hydrogen) atoms. The summed E-state index contributed by atoms with van der Waals surface area (Å²) < 4.78 is 23.3. The van der Waals surface area contributed by atoms with Gasteiger partial charge >= 0.3 is 0 Å². The second-order valence-electron chi connectivity index (χ2n) is 7.16. The molecule has 1 saturated carbocycles. The van der Waals surface area contributed by atoms with Crippen molar-refractivity contribution in [2.75, 3.05) is 25.1 Å². The minimum absolute atomic E-state index is 0.0498. The Morgan fingerprint density at radius 1 is 1.28 bits per heavy atom. The van der Waals surface area contributed by atoms with E-state index >= 15 is 0 Å². The fourth-order valence-corrected chi connectivity index (χ4v) is 5.77. The molecule has 1 unspecified atom stereocenters. The van der Waals surface area contributed by atoms with Crippen LogP contribution >= 0.6 is 11.6 Å². The van der Waals surface area contributed by atoms with Crippen LogP contribution in [0.25, 0.3) is 0 Å². The van der Waals surface area contributed by atoms with Gasteiger partial charge in [0, 0.05) is 30.1 Å². The molecule has 0 spiro atoms. The van der Waals surface area contributed by atoms with Gasteiger partial charge in [0.1, 0.15) is 0 Å². The smallest absolute Gasteiger partial charge is 0.191 e. The summed E-state index contributed by atoms with van der Waals surface area (Å²) in [7, 11) is -1.17. The van der Waals surface area contributed by atoms with Crippen LogP contribution < -0.4 is 10.6 Å². The van der Waals surface area contributed by atoms with E-state index in [1.165, 1.54) is 18.4 Å². The van der Waals surface area contributed by atoms with E-state index in [-0.39, 0.29) is 23.0 Å². The molecule has 2 aliphatic rings. The van der Waals surface area contributed by atoms with E-state index in [0.717, 1.165) is 24.4 Å². The van der Waals surface area contributed by atoms with Crippen LogP contribution in [0.4, 0.5) is 0 Å². The third kappa shape index (κ3) is 4.47. The molecule has 2 N–H and O–H groups in total. The van der Waals surface area contributed by atoms with Crippen LogP contribution in [-0.4, -0.2) is 45.5 Å². The van der Waals surface area contributed by atoms with Crippen molar-refractivity contribution in [2.45, 2.75) is 43.6 Å². The zero-order valence-electron chi connectivity index (χ0n) is 14.6. The number of sulfone groups is 1. The number of rotatable bonds is 4. The first-order valence-corrected chi connectivity index (χ1v) is 11.1. The molecular formula is C18H26ClN3O2S. The molecule has 1 aliphatic carbocycles. The normalized spacial score (nSPS) is 25.0. The molecule has 1 atom stereocenters. The van der Waals surface area contributed by atoms with E-state index in [1.54, 1.807) is 7.05 Å². The molecule has 1 aromatic rings. The quantitative estimate of drug-likeness (QED) is 0.619. The number of halogens is 1. The Hall–Kier alpha value is -1.27. The lowest BCUT2D eigenvalue weighted by Gasteiger charge is -2.31. The monoisotopic (exact) mass is 383 g/mol. The fraction of sp³-hybridized carbons (Fsp3) is 0.611. The maximum Gasteiger partial charge on any atom is 0.191 e. The van der Waals surface area contributed by atoms with Crippen molar-refractivity contribution in [1.82, 2.24) is 10.6 Å². The van der Waals surface area contributed by atoms with E-state index in [9.17, 15) is 8.42 Å². The molecule has 0 aromatic heterocycles. The third-order valence-corrected chi connectivity index (χ3v) is 7.43. The molecule has 1 heterocycles. The van der Waals surface area contributed by atoms with E-state index in [2.05, 4.69) is 27.8 Å². The van der Waals surface area contributed by atoms with Crippen LogP contribution in [0.5, 0.6) is 0 Å². The van der Waals surface area contributed by atoms with Gasteiger partial charge in [-0.1, -0.05) is 36.6 Å². The molecule has 1 aromatic carbocycles. The Morgan fingerprint density at radius 2 is 1.96 bits per heavy atom. The van der Waals surface area contributed by atoms with Gasteiger partial charge in [-0.05, 0) is 37.0 Å².